The molecule has 0 amide bonds. The zero-order chi connectivity index (χ0) is 12.1. The fraction of sp³-hybridized carbons (Fsp3) is 0.571. The van der Waals surface area contributed by atoms with Crippen LogP contribution in [0.25, 0.3) is 0 Å². The van der Waals surface area contributed by atoms with Gasteiger partial charge in [-0.05, 0) is 43.5 Å². The number of ether oxygens (including phenoxy) is 1. The molecule has 0 radical (unpaired) electrons. The molecule has 0 aromatic heterocycles. The Hall–Kier alpha value is -1.06. The molecule has 0 spiro atoms. The first-order valence-electron chi connectivity index (χ1n) is 6.46. The van der Waals surface area contributed by atoms with Crippen LogP contribution >= 0.6 is 0 Å². The van der Waals surface area contributed by atoms with Crippen LogP contribution < -0.4 is 15.8 Å². The summed E-state index contributed by atoms with van der Waals surface area (Å²) in [7, 11) is 0. The van der Waals surface area contributed by atoms with E-state index in [-0.39, 0.29) is 0 Å². The van der Waals surface area contributed by atoms with Crippen molar-refractivity contribution in [2.24, 2.45) is 5.73 Å². The molecule has 1 atom stereocenters. The predicted molar refractivity (Wildman–Crippen MR) is 70.2 cm³/mol. The van der Waals surface area contributed by atoms with E-state index < -0.39 is 0 Å². The lowest BCUT2D eigenvalue weighted by molar-refractivity contribution is 0.357. The number of benzene rings is 1. The van der Waals surface area contributed by atoms with Crippen molar-refractivity contribution in [1.82, 2.24) is 5.32 Å². The van der Waals surface area contributed by atoms with Crippen LogP contribution in [0, 0.1) is 0 Å². The highest BCUT2D eigenvalue weighted by Crippen LogP contribution is 2.25. The Labute approximate surface area is 103 Å². The minimum atomic E-state index is 0.314. The van der Waals surface area contributed by atoms with Gasteiger partial charge in [-0.15, -0.1) is 0 Å². The molecule has 0 saturated carbocycles. The molecule has 0 saturated heterocycles. The molecule has 94 valence electrons. The second-order valence-corrected chi connectivity index (χ2v) is 4.84. The molecule has 1 aromatic rings. The number of rotatable bonds is 6. The molecule has 1 unspecified atom stereocenters. The van der Waals surface area contributed by atoms with E-state index in [1.807, 2.05) is 0 Å². The Balaban J connectivity index is 1.72. The van der Waals surface area contributed by atoms with E-state index >= 15 is 0 Å². The summed E-state index contributed by atoms with van der Waals surface area (Å²) >= 11 is 0. The van der Waals surface area contributed by atoms with E-state index in [1.54, 1.807) is 0 Å². The van der Waals surface area contributed by atoms with Crippen LogP contribution in [0.1, 0.15) is 30.9 Å². The minimum absolute atomic E-state index is 0.314. The van der Waals surface area contributed by atoms with Crippen LogP contribution in [-0.2, 0) is 13.0 Å². The molecule has 3 nitrogen and oxygen atoms in total. The summed E-state index contributed by atoms with van der Waals surface area (Å²) in [5.41, 5.74) is 8.40. The van der Waals surface area contributed by atoms with Crippen molar-refractivity contribution in [1.29, 1.82) is 0 Å². The van der Waals surface area contributed by atoms with Gasteiger partial charge in [0.25, 0.3) is 0 Å². The summed E-state index contributed by atoms with van der Waals surface area (Å²) in [5, 5.41) is 3.45. The second-order valence-electron chi connectivity index (χ2n) is 4.84. The Bertz CT molecular complexity index is 363. The van der Waals surface area contributed by atoms with Gasteiger partial charge >= 0.3 is 0 Å². The van der Waals surface area contributed by atoms with E-state index in [1.165, 1.54) is 11.1 Å². The number of hydrogen-bond acceptors (Lipinski definition) is 3. The van der Waals surface area contributed by atoms with E-state index in [4.69, 9.17) is 10.5 Å². The standard InChI is InChI=1S/C14H22N2O/c1-11(15)3-2-7-16-10-12-4-5-14-13(9-12)6-8-17-14/h4-5,9,11,16H,2-3,6-8,10,15H2,1H3. The largest absolute Gasteiger partial charge is 0.493 e. The monoisotopic (exact) mass is 234 g/mol. The zero-order valence-corrected chi connectivity index (χ0v) is 10.5. The number of fused-ring (bicyclic) bond motifs is 1. The van der Waals surface area contributed by atoms with Crippen LogP contribution in [0.5, 0.6) is 5.75 Å². The molecular weight excluding hydrogens is 212 g/mol. The van der Waals surface area contributed by atoms with Crippen molar-refractivity contribution < 1.29 is 4.74 Å². The summed E-state index contributed by atoms with van der Waals surface area (Å²) in [6, 6.07) is 6.79. The molecule has 1 heterocycles. The van der Waals surface area contributed by atoms with Gasteiger partial charge in [0.2, 0.25) is 0 Å². The van der Waals surface area contributed by atoms with Crippen LogP contribution in [0.2, 0.25) is 0 Å². The Morgan fingerprint density at radius 2 is 2.35 bits per heavy atom. The van der Waals surface area contributed by atoms with Gasteiger partial charge in [0.1, 0.15) is 5.75 Å². The van der Waals surface area contributed by atoms with Crippen molar-refractivity contribution in [3.63, 3.8) is 0 Å². The van der Waals surface area contributed by atoms with E-state index in [9.17, 15) is 0 Å². The van der Waals surface area contributed by atoms with Crippen LogP contribution in [0.15, 0.2) is 18.2 Å². The van der Waals surface area contributed by atoms with Gasteiger partial charge in [-0.1, -0.05) is 12.1 Å². The molecule has 1 aliphatic heterocycles. The third kappa shape index (κ3) is 3.72. The summed E-state index contributed by atoms with van der Waals surface area (Å²) in [4.78, 5) is 0. The molecule has 3 heteroatoms. The topological polar surface area (TPSA) is 47.3 Å². The molecule has 0 aliphatic carbocycles. The molecule has 1 aliphatic rings. The van der Waals surface area contributed by atoms with Gasteiger partial charge in [0, 0.05) is 19.0 Å². The maximum absolute atomic E-state index is 5.71. The van der Waals surface area contributed by atoms with Crippen molar-refractivity contribution in [2.75, 3.05) is 13.2 Å². The first-order chi connectivity index (χ1) is 8.25. The smallest absolute Gasteiger partial charge is 0.122 e. The van der Waals surface area contributed by atoms with Crippen molar-refractivity contribution in [2.45, 2.75) is 38.8 Å². The summed E-state index contributed by atoms with van der Waals surface area (Å²) in [6.45, 7) is 4.86. The molecule has 3 N–H and O–H groups in total. The van der Waals surface area contributed by atoms with Crippen molar-refractivity contribution in [3.8, 4) is 5.75 Å². The molecule has 1 aromatic carbocycles. The Morgan fingerprint density at radius 3 is 3.18 bits per heavy atom. The van der Waals surface area contributed by atoms with E-state index in [0.29, 0.717) is 6.04 Å². The average molecular weight is 234 g/mol. The first-order valence-corrected chi connectivity index (χ1v) is 6.46. The average Bonchev–Trinajstić information content (AvgIpc) is 2.75. The van der Waals surface area contributed by atoms with Crippen LogP contribution in [0.4, 0.5) is 0 Å². The SMILES string of the molecule is CC(N)CCCNCc1ccc2c(c1)CCO2. The highest BCUT2D eigenvalue weighted by molar-refractivity contribution is 5.39. The molecule has 2 rings (SSSR count). The van der Waals surface area contributed by atoms with E-state index in [2.05, 4.69) is 30.4 Å². The van der Waals surface area contributed by atoms with Gasteiger partial charge in [-0.3, -0.25) is 0 Å². The van der Waals surface area contributed by atoms with Gasteiger partial charge in [0.15, 0.2) is 0 Å². The van der Waals surface area contributed by atoms with Gasteiger partial charge < -0.3 is 15.8 Å². The normalized spacial score (nSPS) is 15.4. The summed E-state index contributed by atoms with van der Waals surface area (Å²) in [5.74, 6) is 1.06. The predicted octanol–water partition coefficient (Wildman–Crippen LogP) is 1.84. The maximum Gasteiger partial charge on any atom is 0.122 e. The molecule has 0 bridgehead atoms. The van der Waals surface area contributed by atoms with E-state index in [0.717, 1.165) is 44.7 Å². The second kappa shape index (κ2) is 6.03. The Kier molecular flexibility index (Phi) is 4.40. The first kappa shape index (κ1) is 12.4. The third-order valence-electron chi connectivity index (χ3n) is 3.10. The number of nitrogens with one attached hydrogen (secondary N) is 1. The fourth-order valence-corrected chi connectivity index (χ4v) is 2.13. The van der Waals surface area contributed by atoms with Gasteiger partial charge in [-0.25, -0.2) is 0 Å². The minimum Gasteiger partial charge on any atom is -0.493 e. The van der Waals surface area contributed by atoms with Crippen LogP contribution in [-0.4, -0.2) is 19.2 Å². The lowest BCUT2D eigenvalue weighted by atomic mass is 10.1. The highest BCUT2D eigenvalue weighted by atomic mass is 16.5. The quantitative estimate of drug-likeness (QED) is 0.738. The van der Waals surface area contributed by atoms with Crippen LogP contribution in [0.3, 0.4) is 0 Å². The lowest BCUT2D eigenvalue weighted by Crippen LogP contribution is -2.19. The fourth-order valence-electron chi connectivity index (χ4n) is 2.13. The van der Waals surface area contributed by atoms with Crippen molar-refractivity contribution >= 4 is 0 Å². The molecular formula is C14H22N2O. The molecule has 17 heavy (non-hydrogen) atoms. The Morgan fingerprint density at radius 1 is 1.47 bits per heavy atom. The summed E-state index contributed by atoms with van der Waals surface area (Å²) < 4.78 is 5.49. The lowest BCUT2D eigenvalue weighted by Gasteiger charge is -2.07. The van der Waals surface area contributed by atoms with Gasteiger partial charge in [-0.2, -0.15) is 0 Å². The highest BCUT2D eigenvalue weighted by Gasteiger charge is 2.11. The maximum atomic E-state index is 5.71. The van der Waals surface area contributed by atoms with Gasteiger partial charge in [0.05, 0.1) is 6.61 Å². The third-order valence-corrected chi connectivity index (χ3v) is 3.10. The number of nitrogens with two attached hydrogens (primary N) is 1. The number of hydrogen-bond donors (Lipinski definition) is 2. The van der Waals surface area contributed by atoms with Crippen molar-refractivity contribution in [3.05, 3.63) is 29.3 Å². The zero-order valence-electron chi connectivity index (χ0n) is 10.5. The summed E-state index contributed by atoms with van der Waals surface area (Å²) in [6.07, 6.45) is 3.28. The molecule has 0 fully saturated rings.